The number of rotatable bonds is 8. The molecule has 9 heteroatoms. The quantitative estimate of drug-likeness (QED) is 0.318. The van der Waals surface area contributed by atoms with E-state index in [2.05, 4.69) is 9.98 Å². The van der Waals surface area contributed by atoms with E-state index in [1.54, 1.807) is 26.8 Å². The summed E-state index contributed by atoms with van der Waals surface area (Å²) >= 11 is 0. The van der Waals surface area contributed by atoms with Crippen LogP contribution in [0.3, 0.4) is 0 Å². The van der Waals surface area contributed by atoms with Crippen molar-refractivity contribution in [1.82, 2.24) is 4.98 Å². The number of esters is 1. The smallest absolute Gasteiger partial charge is 0.416 e. The number of nitrogens with zero attached hydrogens (tertiary/aromatic N) is 3. The van der Waals surface area contributed by atoms with E-state index >= 15 is 0 Å². The van der Waals surface area contributed by atoms with Crippen LogP contribution in [-0.2, 0) is 15.7 Å². The lowest BCUT2D eigenvalue weighted by molar-refractivity contribution is -0.147. The Kier molecular flexibility index (Phi) is 8.04. The van der Waals surface area contributed by atoms with Crippen molar-refractivity contribution < 1.29 is 27.4 Å². The number of benzene rings is 2. The third-order valence-corrected chi connectivity index (χ3v) is 6.39. The predicted molar refractivity (Wildman–Crippen MR) is 140 cm³/mol. The summed E-state index contributed by atoms with van der Waals surface area (Å²) in [5.74, 6) is -2.65. The molecular formula is C29H30F3N3O3. The zero-order valence-corrected chi connectivity index (χ0v) is 21.7. The van der Waals surface area contributed by atoms with Gasteiger partial charge in [-0.15, -0.1) is 0 Å². The Morgan fingerprint density at radius 1 is 1.05 bits per heavy atom. The van der Waals surface area contributed by atoms with Crippen LogP contribution in [0.25, 0.3) is 0 Å². The van der Waals surface area contributed by atoms with Crippen LogP contribution >= 0.6 is 0 Å². The van der Waals surface area contributed by atoms with Gasteiger partial charge in [0.25, 0.3) is 0 Å². The molecule has 0 saturated carbocycles. The minimum atomic E-state index is -4.63. The minimum absolute atomic E-state index is 0.0525. The molecule has 0 fully saturated rings. The number of aromatic nitrogens is 1. The maximum atomic E-state index is 14.2. The Bertz CT molecular complexity index is 1310. The number of fused-ring (bicyclic) bond motifs is 1. The summed E-state index contributed by atoms with van der Waals surface area (Å²) in [6, 6.07) is 16.5. The van der Waals surface area contributed by atoms with Gasteiger partial charge in [0.15, 0.2) is 0 Å². The van der Waals surface area contributed by atoms with Crippen molar-refractivity contribution >= 4 is 23.1 Å². The van der Waals surface area contributed by atoms with E-state index in [0.717, 1.165) is 11.8 Å². The van der Waals surface area contributed by atoms with Gasteiger partial charge in [-0.05, 0) is 50.6 Å². The average molecular weight is 526 g/mol. The summed E-state index contributed by atoms with van der Waals surface area (Å²) in [7, 11) is 1.87. The number of likely N-dealkylation sites (N-methyl/N-ethyl adjacent to an activating group) is 1. The van der Waals surface area contributed by atoms with E-state index < -0.39 is 29.5 Å². The normalized spacial score (nSPS) is 17.0. The highest BCUT2D eigenvalue weighted by Crippen LogP contribution is 2.49. The highest BCUT2D eigenvalue weighted by molar-refractivity contribution is 6.05. The first-order chi connectivity index (χ1) is 18.1. The third kappa shape index (κ3) is 5.82. The Balaban J connectivity index is 1.73. The zero-order valence-electron chi connectivity index (χ0n) is 21.7. The molecule has 2 unspecified atom stereocenters. The van der Waals surface area contributed by atoms with E-state index in [0.29, 0.717) is 23.5 Å². The lowest BCUT2D eigenvalue weighted by atomic mass is 9.74. The maximum Gasteiger partial charge on any atom is 0.416 e. The SMILES string of the molecule is CC1=Nc2ccnc(OC(C)C)c2C(c2ccccc2C(F)(F)F)C1C(=O)OCCN(C)c1ccccc1. The van der Waals surface area contributed by atoms with E-state index in [1.165, 1.54) is 24.4 Å². The lowest BCUT2D eigenvalue weighted by Crippen LogP contribution is -2.36. The highest BCUT2D eigenvalue weighted by atomic mass is 19.4. The number of pyridine rings is 1. The van der Waals surface area contributed by atoms with E-state index in [-0.39, 0.29) is 24.2 Å². The van der Waals surface area contributed by atoms with Crippen molar-refractivity contribution in [1.29, 1.82) is 0 Å². The molecule has 0 bridgehead atoms. The number of anilines is 1. The maximum absolute atomic E-state index is 14.2. The Morgan fingerprint density at radius 2 is 1.74 bits per heavy atom. The van der Waals surface area contributed by atoms with Crippen LogP contribution in [-0.4, -0.2) is 43.0 Å². The molecule has 1 aromatic heterocycles. The molecule has 0 spiro atoms. The summed E-state index contributed by atoms with van der Waals surface area (Å²) in [6.45, 7) is 5.69. The largest absolute Gasteiger partial charge is 0.475 e. The predicted octanol–water partition coefficient (Wildman–Crippen LogP) is 6.42. The zero-order chi connectivity index (χ0) is 27.4. The second-order valence-corrected chi connectivity index (χ2v) is 9.43. The molecule has 0 saturated heterocycles. The van der Waals surface area contributed by atoms with Gasteiger partial charge in [-0.3, -0.25) is 9.79 Å². The van der Waals surface area contributed by atoms with Gasteiger partial charge in [0.05, 0.1) is 23.9 Å². The number of aliphatic imine (C=N–C) groups is 1. The molecule has 2 aromatic carbocycles. The fraction of sp³-hybridized carbons (Fsp3) is 0.345. The second kappa shape index (κ2) is 11.2. The van der Waals surface area contributed by atoms with Gasteiger partial charge in [0.2, 0.25) is 5.88 Å². The highest BCUT2D eigenvalue weighted by Gasteiger charge is 2.45. The van der Waals surface area contributed by atoms with Gasteiger partial charge in [-0.2, -0.15) is 13.2 Å². The van der Waals surface area contributed by atoms with E-state index in [1.807, 2.05) is 42.3 Å². The average Bonchev–Trinajstić information content (AvgIpc) is 2.87. The minimum Gasteiger partial charge on any atom is -0.475 e. The summed E-state index contributed by atoms with van der Waals surface area (Å²) in [5.41, 5.74) is 1.19. The molecule has 1 aliphatic heterocycles. The van der Waals surface area contributed by atoms with Crippen LogP contribution < -0.4 is 9.64 Å². The number of carbonyl (C=O) groups excluding carboxylic acids is 1. The first-order valence-electron chi connectivity index (χ1n) is 12.4. The van der Waals surface area contributed by atoms with Gasteiger partial charge < -0.3 is 14.4 Å². The van der Waals surface area contributed by atoms with E-state index in [9.17, 15) is 18.0 Å². The van der Waals surface area contributed by atoms with Gasteiger partial charge in [-0.25, -0.2) is 4.98 Å². The van der Waals surface area contributed by atoms with Crippen molar-refractivity contribution in [2.24, 2.45) is 10.9 Å². The van der Waals surface area contributed by atoms with Crippen LogP contribution in [0.4, 0.5) is 24.5 Å². The van der Waals surface area contributed by atoms with Gasteiger partial charge in [0, 0.05) is 36.1 Å². The molecule has 0 aliphatic carbocycles. The molecule has 2 atom stereocenters. The molecule has 38 heavy (non-hydrogen) atoms. The number of para-hydroxylation sites is 1. The van der Waals surface area contributed by atoms with Crippen molar-refractivity contribution in [2.45, 2.75) is 39.0 Å². The lowest BCUT2D eigenvalue weighted by Gasteiger charge is -2.33. The first-order valence-corrected chi connectivity index (χ1v) is 12.4. The van der Waals surface area contributed by atoms with Crippen LogP contribution in [0.1, 0.15) is 43.4 Å². The van der Waals surface area contributed by atoms with Crippen LogP contribution in [0.5, 0.6) is 5.88 Å². The molecule has 1 aliphatic rings. The fourth-order valence-corrected chi connectivity index (χ4v) is 4.67. The fourth-order valence-electron chi connectivity index (χ4n) is 4.67. The second-order valence-electron chi connectivity index (χ2n) is 9.43. The molecule has 0 N–H and O–H groups in total. The molecule has 4 rings (SSSR count). The number of hydrogen-bond donors (Lipinski definition) is 0. The number of halogens is 3. The molecule has 6 nitrogen and oxygen atoms in total. The van der Waals surface area contributed by atoms with Crippen molar-refractivity contribution in [3.63, 3.8) is 0 Å². The van der Waals surface area contributed by atoms with Crippen molar-refractivity contribution in [3.05, 3.63) is 83.6 Å². The monoisotopic (exact) mass is 525 g/mol. The van der Waals surface area contributed by atoms with Crippen molar-refractivity contribution in [3.8, 4) is 5.88 Å². The number of ether oxygens (including phenoxy) is 2. The van der Waals surface area contributed by atoms with Gasteiger partial charge in [0.1, 0.15) is 12.5 Å². The van der Waals surface area contributed by atoms with E-state index in [4.69, 9.17) is 9.47 Å². The van der Waals surface area contributed by atoms with Crippen LogP contribution in [0.2, 0.25) is 0 Å². The number of alkyl halides is 3. The summed E-state index contributed by atoms with van der Waals surface area (Å²) in [4.78, 5) is 24.4. The Labute approximate surface area is 220 Å². The Morgan fingerprint density at radius 3 is 2.42 bits per heavy atom. The summed E-state index contributed by atoms with van der Waals surface area (Å²) < 4.78 is 54.1. The third-order valence-electron chi connectivity index (χ3n) is 6.39. The van der Waals surface area contributed by atoms with Crippen molar-refractivity contribution in [2.75, 3.05) is 25.1 Å². The molecule has 200 valence electrons. The van der Waals surface area contributed by atoms with Gasteiger partial charge >= 0.3 is 12.1 Å². The van der Waals surface area contributed by atoms with Crippen LogP contribution in [0.15, 0.2) is 71.9 Å². The molecule has 2 heterocycles. The van der Waals surface area contributed by atoms with Gasteiger partial charge in [-0.1, -0.05) is 36.4 Å². The summed E-state index contributed by atoms with van der Waals surface area (Å²) in [5, 5.41) is 0. The Hall–Kier alpha value is -3.88. The summed E-state index contributed by atoms with van der Waals surface area (Å²) in [6.07, 6.45) is -3.43. The standard InChI is InChI=1S/C29H30F3N3O3/c1-18(2)38-27-26-23(14-15-33-27)34-19(3)24(25(26)21-12-8-9-13-22(21)29(30,31)32)28(36)37-17-16-35(4)20-10-6-5-7-11-20/h5-15,18,24-25H,16-17H2,1-4H3. The number of hydrogen-bond acceptors (Lipinski definition) is 6. The molecule has 0 radical (unpaired) electrons. The van der Waals surface area contributed by atoms with Crippen LogP contribution in [0, 0.1) is 5.92 Å². The number of carbonyl (C=O) groups is 1. The molecular weight excluding hydrogens is 495 g/mol. The first kappa shape index (κ1) is 27.2. The topological polar surface area (TPSA) is 64.0 Å². The molecule has 3 aromatic rings. The molecule has 0 amide bonds.